The molecule has 2 heterocycles. The van der Waals surface area contributed by atoms with Crippen molar-refractivity contribution in [2.75, 3.05) is 5.73 Å². The van der Waals surface area contributed by atoms with Crippen LogP contribution in [0.25, 0.3) is 5.78 Å². The number of nitrogens with two attached hydrogens (primary N) is 1. The second kappa shape index (κ2) is 6.69. The van der Waals surface area contributed by atoms with Crippen molar-refractivity contribution in [1.29, 1.82) is 0 Å². The van der Waals surface area contributed by atoms with Crippen molar-refractivity contribution in [3.05, 3.63) is 15.1 Å². The normalized spacial score (nSPS) is 11.0. The van der Waals surface area contributed by atoms with E-state index < -0.39 is 16.9 Å². The summed E-state index contributed by atoms with van der Waals surface area (Å²) in [5.74, 6) is -0.548. The highest BCUT2D eigenvalue weighted by molar-refractivity contribution is 7.71. The molecule has 0 aromatic carbocycles. The lowest BCUT2D eigenvalue weighted by atomic mass is 9.98. The monoisotopic (exact) mass is 328 g/mol. The standard InChI is InChI=1S/C10H14N6O3S.C2H6/c1-10(2,3)7(18)19-4-15-9-12-8(20)14-16(9)6(17)5(11)13-15;1-2/h4H2,1-3H3,(H2,11,13)(H,14,20);1-2H3. The summed E-state index contributed by atoms with van der Waals surface area (Å²) in [5.41, 5.74) is 4.29. The van der Waals surface area contributed by atoms with Gasteiger partial charge in [-0.2, -0.15) is 14.2 Å². The summed E-state index contributed by atoms with van der Waals surface area (Å²) in [6, 6.07) is 0. The maximum atomic E-state index is 11.7. The molecule has 0 saturated heterocycles. The van der Waals surface area contributed by atoms with Gasteiger partial charge in [0.25, 0.3) is 5.78 Å². The molecule has 122 valence electrons. The summed E-state index contributed by atoms with van der Waals surface area (Å²) < 4.78 is 7.45. The average molecular weight is 328 g/mol. The molecule has 2 aromatic rings. The quantitative estimate of drug-likeness (QED) is 0.625. The second-order valence-electron chi connectivity index (χ2n) is 5.16. The van der Waals surface area contributed by atoms with Crippen molar-refractivity contribution in [3.63, 3.8) is 0 Å². The summed E-state index contributed by atoms with van der Waals surface area (Å²) >= 11 is 4.85. The molecular weight excluding hydrogens is 308 g/mol. The van der Waals surface area contributed by atoms with E-state index in [1.165, 1.54) is 4.68 Å². The highest BCUT2D eigenvalue weighted by Crippen LogP contribution is 2.15. The van der Waals surface area contributed by atoms with Crippen LogP contribution in [0.3, 0.4) is 0 Å². The number of aromatic nitrogens is 5. The Morgan fingerprint density at radius 3 is 2.55 bits per heavy atom. The minimum atomic E-state index is -0.647. The lowest BCUT2D eigenvalue weighted by Crippen LogP contribution is -2.28. The minimum Gasteiger partial charge on any atom is -0.442 e. The van der Waals surface area contributed by atoms with Gasteiger partial charge in [-0.15, -0.1) is 5.10 Å². The molecule has 0 amide bonds. The van der Waals surface area contributed by atoms with Crippen LogP contribution in [0.15, 0.2) is 4.79 Å². The first-order valence-electron chi connectivity index (χ1n) is 6.73. The van der Waals surface area contributed by atoms with E-state index >= 15 is 0 Å². The van der Waals surface area contributed by atoms with Crippen LogP contribution in [0.2, 0.25) is 0 Å². The van der Waals surface area contributed by atoms with Crippen LogP contribution in [0, 0.1) is 10.2 Å². The number of H-pyrrole nitrogens is 1. The summed E-state index contributed by atoms with van der Waals surface area (Å²) in [5, 5.41) is 6.38. The number of fused-ring (bicyclic) bond motifs is 1. The molecule has 9 nitrogen and oxygen atoms in total. The van der Waals surface area contributed by atoms with E-state index in [4.69, 9.17) is 22.7 Å². The predicted molar refractivity (Wildman–Crippen MR) is 83.7 cm³/mol. The largest absolute Gasteiger partial charge is 0.442 e. The number of carbonyl (C=O) groups excluding carboxylic acids is 1. The van der Waals surface area contributed by atoms with Gasteiger partial charge >= 0.3 is 11.5 Å². The topological polar surface area (TPSA) is 120 Å². The first-order valence-corrected chi connectivity index (χ1v) is 7.13. The molecule has 0 aliphatic carbocycles. The number of nitrogen functional groups attached to an aromatic ring is 1. The fraction of sp³-hybridized carbons (Fsp3) is 0.583. The van der Waals surface area contributed by atoms with E-state index in [1.807, 2.05) is 13.8 Å². The Hall–Kier alpha value is -2.23. The third-order valence-corrected chi connectivity index (χ3v) is 2.60. The highest BCUT2D eigenvalue weighted by atomic mass is 32.1. The van der Waals surface area contributed by atoms with Crippen molar-refractivity contribution >= 4 is 29.8 Å². The van der Waals surface area contributed by atoms with Crippen molar-refractivity contribution in [2.45, 2.75) is 41.3 Å². The van der Waals surface area contributed by atoms with E-state index in [9.17, 15) is 9.59 Å². The number of rotatable bonds is 2. The average Bonchev–Trinajstić information content (AvgIpc) is 2.84. The van der Waals surface area contributed by atoms with E-state index in [0.29, 0.717) is 0 Å². The lowest BCUT2D eigenvalue weighted by Gasteiger charge is -2.17. The Labute approximate surface area is 132 Å². The van der Waals surface area contributed by atoms with Gasteiger partial charge in [0.2, 0.25) is 10.6 Å². The molecule has 10 heteroatoms. The summed E-state index contributed by atoms with van der Waals surface area (Å²) in [6.45, 7) is 8.96. The van der Waals surface area contributed by atoms with Gasteiger partial charge in [-0.3, -0.25) is 14.7 Å². The Bertz CT molecular complexity index is 783. The van der Waals surface area contributed by atoms with Gasteiger partial charge in [-0.05, 0) is 33.0 Å². The van der Waals surface area contributed by atoms with Gasteiger partial charge < -0.3 is 10.5 Å². The molecule has 0 bridgehead atoms. The second-order valence-corrected chi connectivity index (χ2v) is 5.55. The highest BCUT2D eigenvalue weighted by Gasteiger charge is 2.23. The Balaban J connectivity index is 0.00000116. The Morgan fingerprint density at radius 2 is 2.00 bits per heavy atom. The predicted octanol–water partition coefficient (Wildman–Crippen LogP) is 1.10. The zero-order chi connectivity index (χ0) is 17.1. The smallest absolute Gasteiger partial charge is 0.316 e. The van der Waals surface area contributed by atoms with Crippen LogP contribution in [0.4, 0.5) is 5.82 Å². The third kappa shape index (κ3) is 3.70. The van der Waals surface area contributed by atoms with Crippen LogP contribution in [0.5, 0.6) is 0 Å². The van der Waals surface area contributed by atoms with Crippen molar-refractivity contribution in [1.82, 2.24) is 24.4 Å². The van der Waals surface area contributed by atoms with E-state index in [0.717, 1.165) is 4.52 Å². The number of carbonyl (C=O) groups is 1. The molecule has 2 rings (SSSR count). The summed E-state index contributed by atoms with van der Waals surface area (Å²) in [7, 11) is 0. The van der Waals surface area contributed by atoms with Crippen molar-refractivity contribution in [3.8, 4) is 0 Å². The first kappa shape index (κ1) is 17.8. The fourth-order valence-electron chi connectivity index (χ4n) is 1.38. The maximum Gasteiger partial charge on any atom is 0.316 e. The molecule has 0 fully saturated rings. The molecule has 0 spiro atoms. The van der Waals surface area contributed by atoms with Gasteiger partial charge in [0.15, 0.2) is 6.73 Å². The molecular formula is C12H20N6O3S. The van der Waals surface area contributed by atoms with Crippen LogP contribution in [0.1, 0.15) is 34.6 Å². The van der Waals surface area contributed by atoms with Crippen LogP contribution >= 0.6 is 12.2 Å². The van der Waals surface area contributed by atoms with Crippen LogP contribution in [-0.4, -0.2) is 30.3 Å². The minimum absolute atomic E-state index is 0.102. The van der Waals surface area contributed by atoms with E-state index in [1.54, 1.807) is 20.8 Å². The van der Waals surface area contributed by atoms with Crippen molar-refractivity contribution < 1.29 is 9.53 Å². The molecule has 3 N–H and O–H groups in total. The van der Waals surface area contributed by atoms with Crippen molar-refractivity contribution in [2.24, 2.45) is 5.41 Å². The Morgan fingerprint density at radius 1 is 1.41 bits per heavy atom. The summed E-state index contributed by atoms with van der Waals surface area (Å²) in [4.78, 5) is 27.4. The molecule has 22 heavy (non-hydrogen) atoms. The van der Waals surface area contributed by atoms with E-state index in [-0.39, 0.29) is 23.1 Å². The zero-order valence-corrected chi connectivity index (χ0v) is 14.0. The molecule has 2 aromatic heterocycles. The van der Waals surface area contributed by atoms with E-state index in [2.05, 4.69) is 15.2 Å². The first-order chi connectivity index (χ1) is 10.2. The number of anilines is 1. The molecule has 0 aliphatic heterocycles. The molecule has 0 radical (unpaired) electrons. The van der Waals surface area contributed by atoms with Crippen LogP contribution < -0.4 is 11.3 Å². The number of hydrogen-bond acceptors (Lipinski definition) is 7. The van der Waals surface area contributed by atoms with Gasteiger partial charge in [0, 0.05) is 0 Å². The molecule has 0 atom stereocenters. The number of nitrogens with zero attached hydrogens (tertiary/aromatic N) is 4. The van der Waals surface area contributed by atoms with Gasteiger partial charge in [-0.1, -0.05) is 13.8 Å². The maximum absolute atomic E-state index is 11.7. The number of esters is 1. The zero-order valence-electron chi connectivity index (χ0n) is 13.2. The fourth-order valence-corrected chi connectivity index (χ4v) is 1.55. The van der Waals surface area contributed by atoms with Gasteiger partial charge in [-0.25, -0.2) is 0 Å². The molecule has 0 aliphatic rings. The molecule has 0 unspecified atom stereocenters. The number of hydrogen-bond donors (Lipinski definition) is 2. The number of aromatic amines is 1. The Kier molecular flexibility index (Phi) is 5.42. The number of nitrogens with one attached hydrogen (secondary N) is 1. The van der Waals surface area contributed by atoms with Gasteiger partial charge in [0.05, 0.1) is 5.41 Å². The van der Waals surface area contributed by atoms with Crippen LogP contribution in [-0.2, 0) is 16.3 Å². The lowest BCUT2D eigenvalue weighted by molar-refractivity contribution is -0.157. The number of ether oxygens (including phenoxy) is 1. The third-order valence-electron chi connectivity index (χ3n) is 2.42. The summed E-state index contributed by atoms with van der Waals surface area (Å²) in [6.07, 6.45) is 0. The SMILES string of the molecule is CC.CC(C)(C)C(=O)OCn1nc(N)c(=O)n2[nH]c(=S)nc12. The van der Waals surface area contributed by atoms with Gasteiger partial charge in [0.1, 0.15) is 0 Å². The molecule has 0 saturated carbocycles.